The van der Waals surface area contributed by atoms with E-state index in [0.717, 1.165) is 11.1 Å². The Morgan fingerprint density at radius 3 is 2.11 bits per heavy atom. The molecule has 1 aromatic rings. The second-order valence-corrected chi connectivity index (χ2v) is 7.68. The van der Waals surface area contributed by atoms with Gasteiger partial charge in [-0.05, 0) is 32.8 Å². The number of rotatable bonds is 5. The first-order valence-electron chi connectivity index (χ1n) is 6.35. The van der Waals surface area contributed by atoms with E-state index in [9.17, 15) is 8.42 Å². The van der Waals surface area contributed by atoms with E-state index in [1.165, 1.54) is 0 Å². The highest BCUT2D eigenvalue weighted by molar-refractivity contribution is 7.92. The molecule has 3 atom stereocenters. The van der Waals surface area contributed by atoms with E-state index in [1.54, 1.807) is 13.8 Å². The monoisotopic (exact) mass is 269 g/mol. The van der Waals surface area contributed by atoms with Gasteiger partial charge in [0.2, 0.25) is 0 Å². The third-order valence-corrected chi connectivity index (χ3v) is 6.41. The first-order valence-corrected chi connectivity index (χ1v) is 7.96. The summed E-state index contributed by atoms with van der Waals surface area (Å²) in [6, 6.07) is 7.26. The minimum Gasteiger partial charge on any atom is -0.323 e. The highest BCUT2D eigenvalue weighted by Gasteiger charge is 2.31. The fraction of sp³-hybridized carbons (Fsp3) is 0.571. The van der Waals surface area contributed by atoms with Crippen LogP contribution in [0.4, 0.5) is 0 Å². The number of sulfone groups is 1. The standard InChI is InChI=1S/C14H23NO2S/c1-5-11(3)18(16,17)12(4)14(15)13-8-6-10(2)7-9-13/h6-9,11-12,14H,5,15H2,1-4H3. The Morgan fingerprint density at radius 2 is 1.67 bits per heavy atom. The quantitative estimate of drug-likeness (QED) is 0.893. The molecule has 1 rings (SSSR count). The van der Waals surface area contributed by atoms with E-state index < -0.39 is 21.1 Å². The summed E-state index contributed by atoms with van der Waals surface area (Å²) >= 11 is 0. The van der Waals surface area contributed by atoms with E-state index in [0.29, 0.717) is 6.42 Å². The van der Waals surface area contributed by atoms with Crippen LogP contribution in [0.1, 0.15) is 44.4 Å². The lowest BCUT2D eigenvalue weighted by Crippen LogP contribution is -2.36. The Hall–Kier alpha value is -0.870. The smallest absolute Gasteiger partial charge is 0.157 e. The van der Waals surface area contributed by atoms with E-state index in [4.69, 9.17) is 5.73 Å². The molecule has 0 aliphatic rings. The Labute approximate surface area is 110 Å². The van der Waals surface area contributed by atoms with Crippen LogP contribution in [0.3, 0.4) is 0 Å². The van der Waals surface area contributed by atoms with Gasteiger partial charge in [-0.3, -0.25) is 0 Å². The van der Waals surface area contributed by atoms with Gasteiger partial charge in [0.1, 0.15) is 0 Å². The molecular formula is C14H23NO2S. The van der Waals surface area contributed by atoms with Gasteiger partial charge in [-0.2, -0.15) is 0 Å². The zero-order valence-corrected chi connectivity index (χ0v) is 12.4. The molecule has 0 saturated heterocycles. The molecule has 2 N–H and O–H groups in total. The molecule has 0 saturated carbocycles. The molecule has 102 valence electrons. The van der Waals surface area contributed by atoms with Crippen molar-refractivity contribution in [2.75, 3.05) is 0 Å². The molecule has 0 amide bonds. The van der Waals surface area contributed by atoms with Crippen LogP contribution in [0.2, 0.25) is 0 Å². The maximum Gasteiger partial charge on any atom is 0.157 e. The Morgan fingerprint density at radius 1 is 1.17 bits per heavy atom. The fourth-order valence-electron chi connectivity index (χ4n) is 1.86. The van der Waals surface area contributed by atoms with Gasteiger partial charge in [0.25, 0.3) is 0 Å². The highest BCUT2D eigenvalue weighted by Crippen LogP contribution is 2.24. The van der Waals surface area contributed by atoms with E-state index in [2.05, 4.69) is 0 Å². The molecular weight excluding hydrogens is 246 g/mol. The Balaban J connectivity index is 2.97. The van der Waals surface area contributed by atoms with Gasteiger partial charge < -0.3 is 5.73 Å². The summed E-state index contributed by atoms with van der Waals surface area (Å²) in [5, 5.41) is -0.904. The fourth-order valence-corrected chi connectivity index (χ4v) is 3.63. The number of aryl methyl sites for hydroxylation is 1. The Bertz CT molecular complexity index is 479. The largest absolute Gasteiger partial charge is 0.323 e. The average Bonchev–Trinajstić information content (AvgIpc) is 2.36. The molecule has 0 spiro atoms. The predicted octanol–water partition coefficient (Wildman–Crippen LogP) is 2.60. The van der Waals surface area contributed by atoms with Crippen LogP contribution in [0, 0.1) is 6.92 Å². The molecule has 1 aromatic carbocycles. The van der Waals surface area contributed by atoms with Crippen LogP contribution in [0.5, 0.6) is 0 Å². The summed E-state index contributed by atoms with van der Waals surface area (Å²) in [5.74, 6) is 0. The predicted molar refractivity (Wildman–Crippen MR) is 76.2 cm³/mol. The van der Waals surface area contributed by atoms with E-state index >= 15 is 0 Å². The molecule has 0 fully saturated rings. The summed E-state index contributed by atoms with van der Waals surface area (Å²) in [7, 11) is -3.17. The summed E-state index contributed by atoms with van der Waals surface area (Å²) in [6.07, 6.45) is 0.618. The molecule has 0 heterocycles. The van der Waals surface area contributed by atoms with Crippen LogP contribution >= 0.6 is 0 Å². The lowest BCUT2D eigenvalue weighted by atomic mass is 10.0. The minimum atomic E-state index is -3.17. The van der Waals surface area contributed by atoms with Crippen LogP contribution in [-0.2, 0) is 9.84 Å². The zero-order chi connectivity index (χ0) is 13.9. The summed E-state index contributed by atoms with van der Waals surface area (Å²) in [6.45, 7) is 7.32. The van der Waals surface area contributed by atoms with Crippen molar-refractivity contribution in [2.45, 2.75) is 50.7 Å². The third kappa shape index (κ3) is 3.12. The van der Waals surface area contributed by atoms with Crippen molar-refractivity contribution in [3.8, 4) is 0 Å². The highest BCUT2D eigenvalue weighted by atomic mass is 32.2. The SMILES string of the molecule is CCC(C)S(=O)(=O)C(C)C(N)c1ccc(C)cc1. The second-order valence-electron chi connectivity index (χ2n) is 4.95. The second kappa shape index (κ2) is 5.85. The van der Waals surface area contributed by atoms with Gasteiger partial charge in [-0.1, -0.05) is 36.8 Å². The first kappa shape index (κ1) is 15.2. The first-order chi connectivity index (χ1) is 8.30. The topological polar surface area (TPSA) is 60.2 Å². The van der Waals surface area contributed by atoms with Crippen LogP contribution < -0.4 is 5.73 Å². The van der Waals surface area contributed by atoms with Gasteiger partial charge >= 0.3 is 0 Å². The van der Waals surface area contributed by atoms with Crippen molar-refractivity contribution in [2.24, 2.45) is 5.73 Å². The van der Waals surface area contributed by atoms with Crippen molar-refractivity contribution >= 4 is 9.84 Å². The molecule has 3 unspecified atom stereocenters. The zero-order valence-electron chi connectivity index (χ0n) is 11.6. The summed E-state index contributed by atoms with van der Waals surface area (Å²) in [4.78, 5) is 0. The van der Waals surface area contributed by atoms with Crippen molar-refractivity contribution in [1.82, 2.24) is 0 Å². The van der Waals surface area contributed by atoms with Crippen LogP contribution in [-0.4, -0.2) is 18.9 Å². The number of benzene rings is 1. The minimum absolute atomic E-state index is 0.344. The molecule has 18 heavy (non-hydrogen) atoms. The molecule has 4 heteroatoms. The van der Waals surface area contributed by atoms with Crippen molar-refractivity contribution in [3.05, 3.63) is 35.4 Å². The van der Waals surface area contributed by atoms with E-state index in [1.807, 2.05) is 38.1 Å². The number of nitrogens with two attached hydrogens (primary N) is 1. The lowest BCUT2D eigenvalue weighted by molar-refractivity contribution is 0.550. The summed E-state index contributed by atoms with van der Waals surface area (Å²) in [5.41, 5.74) is 8.11. The molecule has 3 nitrogen and oxygen atoms in total. The van der Waals surface area contributed by atoms with E-state index in [-0.39, 0.29) is 5.25 Å². The van der Waals surface area contributed by atoms with Crippen molar-refractivity contribution < 1.29 is 8.42 Å². The lowest BCUT2D eigenvalue weighted by Gasteiger charge is -2.23. The number of hydrogen-bond donors (Lipinski definition) is 1. The molecule has 0 bridgehead atoms. The van der Waals surface area contributed by atoms with Gasteiger partial charge in [-0.15, -0.1) is 0 Å². The normalized spacial score (nSPS) is 17.2. The van der Waals surface area contributed by atoms with Gasteiger partial charge in [0, 0.05) is 6.04 Å². The Kier molecular flexibility index (Phi) is 4.93. The van der Waals surface area contributed by atoms with Crippen molar-refractivity contribution in [3.63, 3.8) is 0 Å². The summed E-state index contributed by atoms with van der Waals surface area (Å²) < 4.78 is 24.5. The van der Waals surface area contributed by atoms with Crippen LogP contribution in [0.25, 0.3) is 0 Å². The van der Waals surface area contributed by atoms with Crippen LogP contribution in [0.15, 0.2) is 24.3 Å². The maximum absolute atomic E-state index is 12.3. The average molecular weight is 269 g/mol. The molecule has 0 aliphatic carbocycles. The van der Waals surface area contributed by atoms with Gasteiger partial charge in [0.15, 0.2) is 9.84 Å². The molecule has 0 radical (unpaired) electrons. The third-order valence-electron chi connectivity index (χ3n) is 3.62. The van der Waals surface area contributed by atoms with Crippen molar-refractivity contribution in [1.29, 1.82) is 0 Å². The maximum atomic E-state index is 12.3. The van der Waals surface area contributed by atoms with Gasteiger partial charge in [-0.25, -0.2) is 8.42 Å². The molecule has 0 aliphatic heterocycles. The molecule has 0 aromatic heterocycles. The van der Waals surface area contributed by atoms with Gasteiger partial charge in [0.05, 0.1) is 10.5 Å². The number of hydrogen-bond acceptors (Lipinski definition) is 3.